The van der Waals surface area contributed by atoms with Crippen molar-refractivity contribution in [3.63, 3.8) is 0 Å². The zero-order valence-corrected chi connectivity index (χ0v) is 23.6. The number of amides is 1. The molecule has 1 amide bonds. The molecule has 0 bridgehead atoms. The van der Waals surface area contributed by atoms with Gasteiger partial charge in [0.05, 0.1) is 16.8 Å². The molecule has 0 unspecified atom stereocenters. The molecule has 1 N–H and O–H groups in total. The number of carbonyl (C=O) groups excluding carboxylic acids is 1. The summed E-state index contributed by atoms with van der Waals surface area (Å²) in [5, 5.41) is 4.20. The summed E-state index contributed by atoms with van der Waals surface area (Å²) in [5.41, 5.74) is 2.56. The number of fused-ring (bicyclic) bond motifs is 1. The molecule has 0 aliphatic heterocycles. The maximum absolute atomic E-state index is 14.7. The summed E-state index contributed by atoms with van der Waals surface area (Å²) in [6.45, 7) is 2.10. The molecule has 204 valence electrons. The molecule has 1 fully saturated rings. The summed E-state index contributed by atoms with van der Waals surface area (Å²) in [6, 6.07) is 12.2. The molecule has 5 nitrogen and oxygen atoms in total. The highest BCUT2D eigenvalue weighted by molar-refractivity contribution is 7.21. The average Bonchev–Trinajstić information content (AvgIpc) is 3.32. The van der Waals surface area contributed by atoms with Crippen LogP contribution in [0, 0.1) is 18.7 Å². The van der Waals surface area contributed by atoms with E-state index in [9.17, 15) is 13.6 Å². The number of hydrogen-bond donors (Lipinski definition) is 1. The van der Waals surface area contributed by atoms with Crippen molar-refractivity contribution in [3.8, 4) is 16.9 Å². The fraction of sp³-hybridized carbons (Fsp3) is 0.333. The predicted octanol–water partition coefficient (Wildman–Crippen LogP) is 7.38. The number of pyridine rings is 1. The highest BCUT2D eigenvalue weighted by Gasteiger charge is 2.33. The lowest BCUT2D eigenvalue weighted by Crippen LogP contribution is -2.44. The van der Waals surface area contributed by atoms with Crippen LogP contribution in [0.3, 0.4) is 0 Å². The van der Waals surface area contributed by atoms with E-state index < -0.39 is 11.8 Å². The van der Waals surface area contributed by atoms with Crippen LogP contribution in [0.2, 0.25) is 5.02 Å². The quantitative estimate of drug-likeness (QED) is 0.236. The topological polar surface area (TPSA) is 54.5 Å². The van der Waals surface area contributed by atoms with Crippen molar-refractivity contribution < 1.29 is 18.3 Å². The lowest BCUT2D eigenvalue weighted by Gasteiger charge is -2.37. The van der Waals surface area contributed by atoms with Gasteiger partial charge in [0.1, 0.15) is 16.4 Å². The summed E-state index contributed by atoms with van der Waals surface area (Å²) in [5.74, 6) is -0.612. The number of hydrogen-bond acceptors (Lipinski definition) is 5. The molecule has 0 radical (unpaired) electrons. The Hall–Kier alpha value is -3.07. The predicted molar refractivity (Wildman–Crippen MR) is 153 cm³/mol. The number of carbonyl (C=O) groups is 1. The van der Waals surface area contributed by atoms with Gasteiger partial charge in [-0.3, -0.25) is 4.79 Å². The number of ether oxygens (including phenoxy) is 1. The molecule has 2 heterocycles. The van der Waals surface area contributed by atoms with E-state index in [0.717, 1.165) is 48.1 Å². The summed E-state index contributed by atoms with van der Waals surface area (Å²) >= 11 is 7.85. The van der Waals surface area contributed by atoms with E-state index in [2.05, 4.69) is 10.3 Å². The Balaban J connectivity index is 1.57. The summed E-state index contributed by atoms with van der Waals surface area (Å²) in [6.07, 6.45) is 4.89. The van der Waals surface area contributed by atoms with Crippen LogP contribution in [-0.2, 0) is 6.54 Å². The molecule has 4 aromatic rings. The van der Waals surface area contributed by atoms with Crippen molar-refractivity contribution >= 4 is 38.9 Å². The molecular weight excluding hydrogens is 540 g/mol. The van der Waals surface area contributed by atoms with Gasteiger partial charge in [-0.25, -0.2) is 9.37 Å². The van der Waals surface area contributed by atoms with Gasteiger partial charge in [-0.05, 0) is 81.1 Å². The second-order valence-electron chi connectivity index (χ2n) is 9.91. The minimum Gasteiger partial charge on any atom is -0.496 e. The molecule has 0 saturated heterocycles. The number of thiophene rings is 1. The van der Waals surface area contributed by atoms with Crippen molar-refractivity contribution in [3.05, 3.63) is 81.5 Å². The van der Waals surface area contributed by atoms with E-state index >= 15 is 0 Å². The number of benzene rings is 2. The van der Waals surface area contributed by atoms with Gasteiger partial charge >= 0.3 is 0 Å². The van der Waals surface area contributed by atoms with E-state index in [1.165, 1.54) is 12.3 Å². The summed E-state index contributed by atoms with van der Waals surface area (Å²) < 4.78 is 35.3. The van der Waals surface area contributed by atoms with Crippen LogP contribution in [-0.4, -0.2) is 42.0 Å². The Labute approximate surface area is 235 Å². The van der Waals surface area contributed by atoms with Crippen LogP contribution in [0.15, 0.2) is 48.7 Å². The highest BCUT2D eigenvalue weighted by Crippen LogP contribution is 2.41. The average molecular weight is 570 g/mol. The standard InChI is InChI=1S/C30H30ClF2N3O2S/c1-17-6-12-23(32)27-25(17)26(31)28(39-27)30(37)36(21-10-8-20(34-2)9-11-21)16-19-15-18(7-13-24(19)38-3)22-5-4-14-35-29(22)33/h4-7,12-15,20-21,34H,8-11,16H2,1-3H3. The lowest BCUT2D eigenvalue weighted by molar-refractivity contribution is 0.0604. The normalized spacial score (nSPS) is 17.4. The van der Waals surface area contributed by atoms with Crippen molar-refractivity contribution in [2.45, 2.75) is 51.2 Å². The molecule has 2 aromatic heterocycles. The minimum atomic E-state index is -0.568. The van der Waals surface area contributed by atoms with E-state index in [1.54, 1.807) is 37.4 Å². The molecular formula is C30H30ClF2N3O2S. The maximum atomic E-state index is 14.7. The molecule has 2 aromatic carbocycles. The Morgan fingerprint density at radius 2 is 1.95 bits per heavy atom. The van der Waals surface area contributed by atoms with Crippen LogP contribution in [0.25, 0.3) is 21.2 Å². The zero-order valence-electron chi connectivity index (χ0n) is 22.1. The van der Waals surface area contributed by atoms with E-state index in [1.807, 2.05) is 24.9 Å². The maximum Gasteiger partial charge on any atom is 0.266 e. The Morgan fingerprint density at radius 3 is 2.62 bits per heavy atom. The highest BCUT2D eigenvalue weighted by atomic mass is 35.5. The zero-order chi connectivity index (χ0) is 27.7. The van der Waals surface area contributed by atoms with Gasteiger partial charge < -0.3 is 15.0 Å². The Morgan fingerprint density at radius 1 is 1.18 bits per heavy atom. The molecule has 0 spiro atoms. The van der Waals surface area contributed by atoms with Crippen LogP contribution < -0.4 is 10.1 Å². The monoisotopic (exact) mass is 569 g/mol. The Bertz CT molecular complexity index is 1520. The number of methoxy groups -OCH3 is 1. The van der Waals surface area contributed by atoms with Gasteiger partial charge in [-0.2, -0.15) is 4.39 Å². The first-order valence-corrected chi connectivity index (χ1v) is 14.1. The molecule has 39 heavy (non-hydrogen) atoms. The van der Waals surface area contributed by atoms with Gasteiger partial charge in [0.15, 0.2) is 0 Å². The van der Waals surface area contributed by atoms with Crippen molar-refractivity contribution in [1.82, 2.24) is 15.2 Å². The smallest absolute Gasteiger partial charge is 0.266 e. The van der Waals surface area contributed by atoms with E-state index in [-0.39, 0.29) is 23.5 Å². The molecule has 5 rings (SSSR count). The summed E-state index contributed by atoms with van der Waals surface area (Å²) in [4.78, 5) is 20.2. The van der Waals surface area contributed by atoms with Gasteiger partial charge in [0, 0.05) is 41.3 Å². The van der Waals surface area contributed by atoms with Gasteiger partial charge in [-0.15, -0.1) is 11.3 Å². The fourth-order valence-electron chi connectivity index (χ4n) is 5.45. The van der Waals surface area contributed by atoms with Gasteiger partial charge in [-0.1, -0.05) is 23.7 Å². The molecule has 1 aliphatic carbocycles. The van der Waals surface area contributed by atoms with Gasteiger partial charge in [0.2, 0.25) is 5.95 Å². The van der Waals surface area contributed by atoms with Crippen molar-refractivity contribution in [1.29, 1.82) is 0 Å². The second-order valence-corrected chi connectivity index (χ2v) is 11.3. The van der Waals surface area contributed by atoms with Crippen LogP contribution in [0.4, 0.5) is 8.78 Å². The number of aryl methyl sites for hydroxylation is 1. The third-order valence-electron chi connectivity index (χ3n) is 7.63. The van der Waals surface area contributed by atoms with Crippen molar-refractivity contribution in [2.24, 2.45) is 0 Å². The molecule has 1 aliphatic rings. The summed E-state index contributed by atoms with van der Waals surface area (Å²) in [7, 11) is 3.53. The third-order valence-corrected chi connectivity index (χ3v) is 9.31. The number of halogens is 3. The number of nitrogens with one attached hydrogen (secondary N) is 1. The van der Waals surface area contributed by atoms with E-state index in [0.29, 0.717) is 37.9 Å². The first-order chi connectivity index (χ1) is 18.8. The van der Waals surface area contributed by atoms with Crippen molar-refractivity contribution in [2.75, 3.05) is 14.2 Å². The number of rotatable bonds is 7. The van der Waals surface area contributed by atoms with E-state index in [4.69, 9.17) is 16.3 Å². The SMILES string of the molecule is CNC1CCC(N(Cc2cc(-c3cccnc3F)ccc2OC)C(=O)c2sc3c(F)ccc(C)c3c2Cl)CC1. The fourth-order valence-corrected chi connectivity index (χ4v) is 7.08. The largest absolute Gasteiger partial charge is 0.496 e. The minimum absolute atomic E-state index is 0.0437. The number of nitrogens with zero attached hydrogens (tertiary/aromatic N) is 2. The first-order valence-electron chi connectivity index (χ1n) is 13.0. The first kappa shape index (κ1) is 27.5. The third kappa shape index (κ3) is 5.38. The molecule has 0 atom stereocenters. The molecule has 9 heteroatoms. The van der Waals surface area contributed by atoms with Crippen LogP contribution in [0.1, 0.15) is 46.5 Å². The van der Waals surface area contributed by atoms with Gasteiger partial charge in [0.25, 0.3) is 5.91 Å². The number of aromatic nitrogens is 1. The Kier molecular flexibility index (Phi) is 8.16. The molecule has 1 saturated carbocycles. The van der Waals surface area contributed by atoms with Crippen LogP contribution >= 0.6 is 22.9 Å². The second kappa shape index (κ2) is 11.6. The van der Waals surface area contributed by atoms with Crippen LogP contribution in [0.5, 0.6) is 5.75 Å². The lowest BCUT2D eigenvalue weighted by atomic mass is 9.89.